The molecule has 0 aliphatic heterocycles. The number of hydrogen-bond acceptors (Lipinski definition) is 5. The molecule has 1 heterocycles. The Kier molecular flexibility index (Phi) is 3.42. The van der Waals surface area contributed by atoms with Gasteiger partial charge >= 0.3 is 5.97 Å². The van der Waals surface area contributed by atoms with Gasteiger partial charge in [0.05, 0.1) is 18.1 Å². The van der Waals surface area contributed by atoms with Crippen molar-refractivity contribution in [2.45, 2.75) is 0 Å². The van der Waals surface area contributed by atoms with Crippen LogP contribution >= 0.6 is 0 Å². The summed E-state index contributed by atoms with van der Waals surface area (Å²) in [6.07, 6.45) is 0. The Morgan fingerprint density at radius 1 is 1.14 bits per heavy atom. The number of anilines is 1. The van der Waals surface area contributed by atoms with Crippen molar-refractivity contribution >= 4 is 23.0 Å². The van der Waals surface area contributed by atoms with Crippen molar-refractivity contribution in [1.82, 2.24) is 9.97 Å². The van der Waals surface area contributed by atoms with Crippen LogP contribution in [-0.2, 0) is 4.84 Å². The molecule has 0 saturated heterocycles. The molecule has 0 bridgehead atoms. The van der Waals surface area contributed by atoms with Crippen LogP contribution in [0.4, 0.5) is 5.95 Å². The zero-order valence-corrected chi connectivity index (χ0v) is 11.3. The van der Waals surface area contributed by atoms with Crippen LogP contribution in [0.15, 0.2) is 48.5 Å². The van der Waals surface area contributed by atoms with Gasteiger partial charge in [-0.25, -0.2) is 9.78 Å². The van der Waals surface area contributed by atoms with E-state index in [1.807, 2.05) is 24.3 Å². The van der Waals surface area contributed by atoms with E-state index in [1.165, 1.54) is 7.11 Å². The number of ether oxygens (including phenoxy) is 1. The van der Waals surface area contributed by atoms with Gasteiger partial charge in [-0.1, -0.05) is 24.3 Å². The maximum atomic E-state index is 12.0. The molecule has 0 unspecified atom stereocenters. The van der Waals surface area contributed by atoms with Gasteiger partial charge in [0, 0.05) is 0 Å². The summed E-state index contributed by atoms with van der Waals surface area (Å²) in [6, 6.07) is 14.4. The number of carbonyl (C=O) groups is 1. The van der Waals surface area contributed by atoms with Crippen LogP contribution < -0.4 is 10.2 Å². The Bertz CT molecular complexity index is 749. The third-order valence-electron chi connectivity index (χ3n) is 2.96. The minimum atomic E-state index is -0.548. The molecule has 0 amide bonds. The van der Waals surface area contributed by atoms with Crippen LogP contribution in [0.1, 0.15) is 10.4 Å². The van der Waals surface area contributed by atoms with E-state index >= 15 is 0 Å². The summed E-state index contributed by atoms with van der Waals surface area (Å²) < 4.78 is 5.11. The van der Waals surface area contributed by atoms with E-state index in [0.29, 0.717) is 17.3 Å². The molecular formula is C15H13N3O3. The minimum absolute atomic E-state index is 0.337. The fourth-order valence-corrected chi connectivity index (χ4v) is 1.96. The number of imidazole rings is 1. The van der Waals surface area contributed by atoms with Crippen molar-refractivity contribution in [3.8, 4) is 5.75 Å². The highest BCUT2D eigenvalue weighted by Crippen LogP contribution is 2.19. The first-order valence-corrected chi connectivity index (χ1v) is 6.33. The lowest BCUT2D eigenvalue weighted by atomic mass is 10.2. The number of benzene rings is 2. The van der Waals surface area contributed by atoms with Crippen molar-refractivity contribution in [2.24, 2.45) is 0 Å². The minimum Gasteiger partial charge on any atom is -0.496 e. The monoisotopic (exact) mass is 283 g/mol. The van der Waals surface area contributed by atoms with E-state index in [-0.39, 0.29) is 0 Å². The van der Waals surface area contributed by atoms with Crippen molar-refractivity contribution in [3.63, 3.8) is 0 Å². The number of nitrogens with zero attached hydrogens (tertiary/aromatic N) is 1. The third-order valence-corrected chi connectivity index (χ3v) is 2.96. The summed E-state index contributed by atoms with van der Waals surface area (Å²) in [7, 11) is 1.50. The molecule has 6 nitrogen and oxygen atoms in total. The van der Waals surface area contributed by atoms with Gasteiger partial charge in [0.15, 0.2) is 0 Å². The summed E-state index contributed by atoms with van der Waals surface area (Å²) in [5.41, 5.74) is 4.49. The molecule has 3 aromatic rings. The summed E-state index contributed by atoms with van der Waals surface area (Å²) in [5.74, 6) is 0.265. The highest BCUT2D eigenvalue weighted by Gasteiger charge is 2.14. The van der Waals surface area contributed by atoms with Gasteiger partial charge in [-0.2, -0.15) is 5.48 Å². The first kappa shape index (κ1) is 13.0. The molecular weight excluding hydrogens is 270 g/mol. The standard InChI is InChI=1S/C15H13N3O3/c1-20-13-9-5-2-6-10(13)14(19)21-18-15-16-11-7-3-4-8-12(11)17-15/h2-9H,1H3,(H2,16,17,18). The van der Waals surface area contributed by atoms with E-state index < -0.39 is 5.97 Å². The SMILES string of the molecule is COc1ccccc1C(=O)ONc1nc2ccccc2[nH]1. The lowest BCUT2D eigenvalue weighted by Crippen LogP contribution is -2.12. The van der Waals surface area contributed by atoms with E-state index in [1.54, 1.807) is 24.3 Å². The van der Waals surface area contributed by atoms with E-state index in [0.717, 1.165) is 11.0 Å². The molecule has 0 atom stereocenters. The number of H-pyrrole nitrogens is 1. The smallest absolute Gasteiger partial charge is 0.366 e. The molecule has 0 aliphatic carbocycles. The maximum absolute atomic E-state index is 12.0. The topological polar surface area (TPSA) is 76.2 Å². The largest absolute Gasteiger partial charge is 0.496 e. The number of rotatable bonds is 4. The Morgan fingerprint density at radius 2 is 1.90 bits per heavy atom. The average Bonchev–Trinajstić information content (AvgIpc) is 2.95. The molecule has 1 aromatic heterocycles. The van der Waals surface area contributed by atoms with Gasteiger partial charge in [0.25, 0.3) is 0 Å². The number of carbonyl (C=O) groups excluding carboxylic acids is 1. The first-order chi connectivity index (χ1) is 10.3. The average molecular weight is 283 g/mol. The highest BCUT2D eigenvalue weighted by atomic mass is 16.7. The number of methoxy groups -OCH3 is 1. The van der Waals surface area contributed by atoms with Crippen LogP contribution in [0.25, 0.3) is 11.0 Å². The normalized spacial score (nSPS) is 10.3. The second-order valence-electron chi connectivity index (χ2n) is 4.29. The molecule has 2 N–H and O–H groups in total. The zero-order valence-electron chi connectivity index (χ0n) is 11.3. The van der Waals surface area contributed by atoms with Crippen LogP contribution in [0.3, 0.4) is 0 Å². The summed E-state index contributed by atoms with van der Waals surface area (Å²) in [5, 5.41) is 0. The lowest BCUT2D eigenvalue weighted by molar-refractivity contribution is 0.0590. The van der Waals surface area contributed by atoms with Crippen molar-refractivity contribution in [1.29, 1.82) is 0 Å². The molecule has 0 spiro atoms. The predicted octanol–water partition coefficient (Wildman–Crippen LogP) is 2.76. The predicted molar refractivity (Wildman–Crippen MR) is 78.1 cm³/mol. The number of nitrogens with one attached hydrogen (secondary N) is 2. The summed E-state index contributed by atoms with van der Waals surface area (Å²) >= 11 is 0. The maximum Gasteiger partial charge on any atom is 0.366 e. The van der Waals surface area contributed by atoms with Crippen molar-refractivity contribution in [3.05, 3.63) is 54.1 Å². The number of para-hydroxylation sites is 3. The van der Waals surface area contributed by atoms with Gasteiger partial charge in [0.2, 0.25) is 5.95 Å². The number of fused-ring (bicyclic) bond motifs is 1. The van der Waals surface area contributed by atoms with Gasteiger partial charge in [-0.3, -0.25) is 0 Å². The van der Waals surface area contributed by atoms with Crippen LogP contribution in [0, 0.1) is 0 Å². The van der Waals surface area contributed by atoms with Crippen molar-refractivity contribution in [2.75, 3.05) is 12.6 Å². The Balaban J connectivity index is 1.73. The highest BCUT2D eigenvalue weighted by molar-refractivity contribution is 5.92. The van der Waals surface area contributed by atoms with Gasteiger partial charge in [-0.05, 0) is 24.3 Å². The molecule has 106 valence electrons. The Labute approximate surface area is 120 Å². The zero-order chi connectivity index (χ0) is 14.7. The fourth-order valence-electron chi connectivity index (χ4n) is 1.96. The van der Waals surface area contributed by atoms with Gasteiger partial charge in [0.1, 0.15) is 11.3 Å². The molecule has 0 saturated carbocycles. The summed E-state index contributed by atoms with van der Waals surface area (Å²) in [6.45, 7) is 0. The quantitative estimate of drug-likeness (QED) is 0.720. The van der Waals surface area contributed by atoms with Gasteiger partial charge < -0.3 is 14.6 Å². The molecule has 3 rings (SSSR count). The number of hydrogen-bond donors (Lipinski definition) is 2. The second-order valence-corrected chi connectivity index (χ2v) is 4.29. The number of aromatic amines is 1. The molecule has 2 aromatic carbocycles. The van der Waals surface area contributed by atoms with Crippen molar-refractivity contribution < 1.29 is 14.4 Å². The second kappa shape index (κ2) is 5.54. The Hall–Kier alpha value is -3.02. The lowest BCUT2D eigenvalue weighted by Gasteiger charge is -2.07. The molecule has 6 heteroatoms. The van der Waals surface area contributed by atoms with Crippen LogP contribution in [0.2, 0.25) is 0 Å². The first-order valence-electron chi connectivity index (χ1n) is 6.33. The third kappa shape index (κ3) is 2.64. The molecule has 0 fully saturated rings. The Morgan fingerprint density at radius 3 is 2.71 bits per heavy atom. The van der Waals surface area contributed by atoms with E-state index in [2.05, 4.69) is 15.4 Å². The number of aromatic nitrogens is 2. The van der Waals surface area contributed by atoms with Gasteiger partial charge in [-0.15, -0.1) is 0 Å². The van der Waals surface area contributed by atoms with Crippen LogP contribution in [-0.4, -0.2) is 23.0 Å². The molecule has 0 aliphatic rings. The van der Waals surface area contributed by atoms with E-state index in [9.17, 15) is 4.79 Å². The fraction of sp³-hybridized carbons (Fsp3) is 0.0667. The molecule has 0 radical (unpaired) electrons. The molecule has 21 heavy (non-hydrogen) atoms. The summed E-state index contributed by atoms with van der Waals surface area (Å²) in [4.78, 5) is 24.3. The van der Waals surface area contributed by atoms with Crippen LogP contribution in [0.5, 0.6) is 5.75 Å². The van der Waals surface area contributed by atoms with E-state index in [4.69, 9.17) is 9.57 Å².